The van der Waals surface area contributed by atoms with Crippen molar-refractivity contribution in [2.45, 2.75) is 20.3 Å². The van der Waals surface area contributed by atoms with Gasteiger partial charge in [-0.3, -0.25) is 4.79 Å². The molecule has 0 N–H and O–H groups in total. The van der Waals surface area contributed by atoms with Crippen LogP contribution in [0.5, 0.6) is 0 Å². The van der Waals surface area contributed by atoms with Crippen molar-refractivity contribution in [3.8, 4) is 0 Å². The fourth-order valence-corrected chi connectivity index (χ4v) is 1.52. The van der Waals surface area contributed by atoms with Gasteiger partial charge in [-0.15, -0.1) is 0 Å². The SMILES string of the molecule is CCCN1CC(COC(C)=O)C1. The van der Waals surface area contributed by atoms with Gasteiger partial charge in [0, 0.05) is 25.9 Å². The molecule has 0 aliphatic carbocycles. The first-order valence-corrected chi connectivity index (χ1v) is 4.58. The predicted octanol–water partition coefficient (Wildman–Crippen LogP) is 0.891. The molecule has 1 rings (SSSR count). The van der Waals surface area contributed by atoms with Gasteiger partial charge in [0.05, 0.1) is 6.61 Å². The van der Waals surface area contributed by atoms with Crippen molar-refractivity contribution in [3.05, 3.63) is 0 Å². The monoisotopic (exact) mass is 171 g/mol. The van der Waals surface area contributed by atoms with Crippen LogP contribution in [0.4, 0.5) is 0 Å². The summed E-state index contributed by atoms with van der Waals surface area (Å²) in [5.41, 5.74) is 0. The van der Waals surface area contributed by atoms with E-state index in [4.69, 9.17) is 4.74 Å². The summed E-state index contributed by atoms with van der Waals surface area (Å²) in [7, 11) is 0. The van der Waals surface area contributed by atoms with Crippen LogP contribution in [0.15, 0.2) is 0 Å². The highest BCUT2D eigenvalue weighted by Gasteiger charge is 2.26. The van der Waals surface area contributed by atoms with E-state index in [1.165, 1.54) is 19.9 Å². The maximum Gasteiger partial charge on any atom is 0.302 e. The standard InChI is InChI=1S/C9H17NO2/c1-3-4-10-5-9(6-10)7-12-8(2)11/h9H,3-7H2,1-2H3. The van der Waals surface area contributed by atoms with E-state index in [1.54, 1.807) is 0 Å². The summed E-state index contributed by atoms with van der Waals surface area (Å²) in [4.78, 5) is 12.8. The van der Waals surface area contributed by atoms with Gasteiger partial charge in [0.15, 0.2) is 0 Å². The quantitative estimate of drug-likeness (QED) is 0.588. The van der Waals surface area contributed by atoms with Gasteiger partial charge in [-0.05, 0) is 13.0 Å². The molecule has 0 atom stereocenters. The molecule has 12 heavy (non-hydrogen) atoms. The van der Waals surface area contributed by atoms with Crippen molar-refractivity contribution >= 4 is 5.97 Å². The molecule has 0 unspecified atom stereocenters. The fraction of sp³-hybridized carbons (Fsp3) is 0.889. The maximum absolute atomic E-state index is 10.5. The third-order valence-corrected chi connectivity index (χ3v) is 2.09. The number of esters is 1. The van der Waals surface area contributed by atoms with Crippen molar-refractivity contribution in [2.75, 3.05) is 26.2 Å². The summed E-state index contributed by atoms with van der Waals surface area (Å²) >= 11 is 0. The third-order valence-electron chi connectivity index (χ3n) is 2.09. The Morgan fingerprint density at radius 1 is 1.58 bits per heavy atom. The highest BCUT2D eigenvalue weighted by atomic mass is 16.5. The largest absolute Gasteiger partial charge is 0.465 e. The number of likely N-dealkylation sites (tertiary alicyclic amines) is 1. The first-order valence-electron chi connectivity index (χ1n) is 4.58. The van der Waals surface area contributed by atoms with Crippen LogP contribution in [0.2, 0.25) is 0 Å². The lowest BCUT2D eigenvalue weighted by Gasteiger charge is -2.38. The predicted molar refractivity (Wildman–Crippen MR) is 46.9 cm³/mol. The molecule has 1 aliphatic heterocycles. The van der Waals surface area contributed by atoms with Crippen molar-refractivity contribution in [1.29, 1.82) is 0 Å². The summed E-state index contributed by atoms with van der Waals surface area (Å²) in [6.07, 6.45) is 1.21. The van der Waals surface area contributed by atoms with Crippen LogP contribution >= 0.6 is 0 Å². The number of hydrogen-bond donors (Lipinski definition) is 0. The van der Waals surface area contributed by atoms with Crippen LogP contribution in [0, 0.1) is 5.92 Å². The number of rotatable bonds is 4. The van der Waals surface area contributed by atoms with Gasteiger partial charge in [-0.25, -0.2) is 0 Å². The average molecular weight is 171 g/mol. The molecule has 0 bridgehead atoms. The molecule has 3 nitrogen and oxygen atoms in total. The number of carbonyl (C=O) groups excluding carboxylic acids is 1. The van der Waals surface area contributed by atoms with Crippen LogP contribution in [0.25, 0.3) is 0 Å². The maximum atomic E-state index is 10.5. The summed E-state index contributed by atoms with van der Waals surface area (Å²) < 4.78 is 4.91. The lowest BCUT2D eigenvalue weighted by molar-refractivity contribution is -0.144. The molecule has 1 saturated heterocycles. The van der Waals surface area contributed by atoms with Crippen LogP contribution in [-0.4, -0.2) is 37.1 Å². The van der Waals surface area contributed by atoms with E-state index >= 15 is 0 Å². The molecule has 0 aromatic carbocycles. The minimum Gasteiger partial charge on any atom is -0.465 e. The summed E-state index contributed by atoms with van der Waals surface area (Å²) in [6.45, 7) is 7.62. The second-order valence-corrected chi connectivity index (χ2v) is 3.43. The van der Waals surface area contributed by atoms with Gasteiger partial charge in [0.25, 0.3) is 0 Å². The van der Waals surface area contributed by atoms with E-state index in [9.17, 15) is 4.79 Å². The van der Waals surface area contributed by atoms with Crippen LogP contribution < -0.4 is 0 Å². The lowest BCUT2D eigenvalue weighted by Crippen LogP contribution is -2.48. The molecular weight excluding hydrogens is 154 g/mol. The zero-order valence-electron chi connectivity index (χ0n) is 7.88. The number of nitrogens with zero attached hydrogens (tertiary/aromatic N) is 1. The third kappa shape index (κ3) is 2.81. The van der Waals surface area contributed by atoms with Gasteiger partial charge >= 0.3 is 5.97 Å². The Bertz CT molecular complexity index is 153. The molecule has 0 amide bonds. The zero-order chi connectivity index (χ0) is 8.97. The average Bonchev–Trinajstić information content (AvgIpc) is 1.93. The molecule has 3 heteroatoms. The van der Waals surface area contributed by atoms with Gasteiger partial charge in [0.1, 0.15) is 0 Å². The van der Waals surface area contributed by atoms with Gasteiger partial charge in [-0.1, -0.05) is 6.92 Å². The molecule has 0 spiro atoms. The molecule has 70 valence electrons. The van der Waals surface area contributed by atoms with E-state index < -0.39 is 0 Å². The number of hydrogen-bond acceptors (Lipinski definition) is 3. The molecule has 1 fully saturated rings. The summed E-state index contributed by atoms with van der Waals surface area (Å²) in [5, 5.41) is 0. The topological polar surface area (TPSA) is 29.5 Å². The highest BCUT2D eigenvalue weighted by molar-refractivity contribution is 5.65. The Labute approximate surface area is 73.7 Å². The van der Waals surface area contributed by atoms with Crippen molar-refractivity contribution in [3.63, 3.8) is 0 Å². The molecule has 1 heterocycles. The van der Waals surface area contributed by atoms with E-state index in [1.807, 2.05) is 0 Å². The Kier molecular flexibility index (Phi) is 3.53. The molecule has 0 aromatic heterocycles. The number of ether oxygens (including phenoxy) is 1. The van der Waals surface area contributed by atoms with Gasteiger partial charge in [-0.2, -0.15) is 0 Å². The van der Waals surface area contributed by atoms with Crippen molar-refractivity contribution in [1.82, 2.24) is 4.90 Å². The Morgan fingerprint density at radius 2 is 2.25 bits per heavy atom. The summed E-state index contributed by atoms with van der Waals surface area (Å²) in [5.74, 6) is 0.421. The van der Waals surface area contributed by atoms with Gasteiger partial charge in [0.2, 0.25) is 0 Å². The molecule has 0 saturated carbocycles. The normalized spacial score (nSPS) is 18.8. The Hall–Kier alpha value is -0.570. The molecule has 1 aliphatic rings. The van der Waals surface area contributed by atoms with E-state index in [0.29, 0.717) is 12.5 Å². The Morgan fingerprint density at radius 3 is 2.75 bits per heavy atom. The fourth-order valence-electron chi connectivity index (χ4n) is 1.52. The van der Waals surface area contributed by atoms with E-state index in [2.05, 4.69) is 11.8 Å². The van der Waals surface area contributed by atoms with E-state index in [0.717, 1.165) is 13.1 Å². The first kappa shape index (κ1) is 9.52. The van der Waals surface area contributed by atoms with E-state index in [-0.39, 0.29) is 5.97 Å². The van der Waals surface area contributed by atoms with Crippen molar-refractivity contribution < 1.29 is 9.53 Å². The minimum absolute atomic E-state index is 0.163. The smallest absolute Gasteiger partial charge is 0.302 e. The van der Waals surface area contributed by atoms with Crippen LogP contribution in [0.3, 0.4) is 0 Å². The zero-order valence-corrected chi connectivity index (χ0v) is 7.88. The number of carbonyl (C=O) groups is 1. The second-order valence-electron chi connectivity index (χ2n) is 3.43. The summed E-state index contributed by atoms with van der Waals surface area (Å²) in [6, 6.07) is 0. The lowest BCUT2D eigenvalue weighted by atomic mass is 10.0. The van der Waals surface area contributed by atoms with Crippen LogP contribution in [0.1, 0.15) is 20.3 Å². The van der Waals surface area contributed by atoms with Gasteiger partial charge < -0.3 is 9.64 Å². The minimum atomic E-state index is -0.163. The first-order chi connectivity index (χ1) is 5.72. The molecule has 0 aromatic rings. The van der Waals surface area contributed by atoms with Crippen molar-refractivity contribution in [2.24, 2.45) is 5.92 Å². The highest BCUT2D eigenvalue weighted by Crippen LogP contribution is 2.15. The molecule has 0 radical (unpaired) electrons. The van der Waals surface area contributed by atoms with Crippen LogP contribution in [-0.2, 0) is 9.53 Å². The Balaban J connectivity index is 1.98. The molecular formula is C9H17NO2. The second kappa shape index (κ2) is 4.45.